The van der Waals surface area contributed by atoms with Crippen molar-refractivity contribution in [3.05, 3.63) is 59.3 Å². The van der Waals surface area contributed by atoms with Gasteiger partial charge in [0.05, 0.1) is 11.4 Å². The van der Waals surface area contributed by atoms with E-state index in [1.807, 2.05) is 0 Å². The molecule has 8 nitrogen and oxygen atoms in total. The van der Waals surface area contributed by atoms with Crippen molar-refractivity contribution in [2.75, 3.05) is 5.32 Å². The van der Waals surface area contributed by atoms with Crippen LogP contribution >= 0.6 is 11.6 Å². The van der Waals surface area contributed by atoms with Crippen molar-refractivity contribution in [3.63, 3.8) is 0 Å². The van der Waals surface area contributed by atoms with Crippen LogP contribution in [0.15, 0.2) is 47.1 Å². The number of rotatable bonds is 7. The third-order valence-electron chi connectivity index (χ3n) is 3.77. The third kappa shape index (κ3) is 5.82. The molecule has 1 N–H and O–H groups in total. The van der Waals surface area contributed by atoms with Crippen molar-refractivity contribution >= 4 is 29.3 Å². The summed E-state index contributed by atoms with van der Waals surface area (Å²) in [6.45, 7) is 1.45. The average Bonchev–Trinajstić information content (AvgIpc) is 3.17. The molecular formula is C19H16ClFN4O4. The van der Waals surface area contributed by atoms with Gasteiger partial charge in [0, 0.05) is 18.2 Å². The van der Waals surface area contributed by atoms with Crippen LogP contribution in [-0.2, 0) is 20.7 Å². The van der Waals surface area contributed by atoms with Crippen LogP contribution in [0.25, 0.3) is 11.4 Å². The number of nitrogens with one attached hydrogen (secondary N) is 1. The molecule has 1 atom stereocenters. The first-order chi connectivity index (χ1) is 13.9. The Bertz CT molecular complexity index is 992. The number of aromatic nitrogens is 3. The van der Waals surface area contributed by atoms with E-state index in [0.29, 0.717) is 16.4 Å². The van der Waals surface area contributed by atoms with Gasteiger partial charge in [0.15, 0.2) is 6.10 Å². The van der Waals surface area contributed by atoms with Gasteiger partial charge in [0.1, 0.15) is 11.6 Å². The molecule has 1 aromatic carbocycles. The number of pyridine rings is 1. The number of nitrogens with zero attached hydrogens (tertiary/aromatic N) is 3. The number of carbonyl (C=O) groups excluding carboxylic acids is 2. The highest BCUT2D eigenvalue weighted by Crippen LogP contribution is 2.17. The Morgan fingerprint density at radius 1 is 1.24 bits per heavy atom. The first kappa shape index (κ1) is 20.4. The van der Waals surface area contributed by atoms with E-state index in [0.717, 1.165) is 0 Å². The number of hydrogen-bond acceptors (Lipinski definition) is 7. The Hall–Kier alpha value is -3.33. The topological polar surface area (TPSA) is 107 Å². The summed E-state index contributed by atoms with van der Waals surface area (Å²) < 4.78 is 23.1. The molecule has 1 amide bonds. The van der Waals surface area contributed by atoms with Gasteiger partial charge in [-0.05, 0) is 43.3 Å². The molecule has 0 radical (unpaired) electrons. The van der Waals surface area contributed by atoms with Crippen molar-refractivity contribution in [2.24, 2.45) is 0 Å². The molecule has 29 heavy (non-hydrogen) atoms. The van der Waals surface area contributed by atoms with Crippen LogP contribution in [-0.4, -0.2) is 33.1 Å². The van der Waals surface area contributed by atoms with E-state index in [-0.39, 0.29) is 30.4 Å². The van der Waals surface area contributed by atoms with Gasteiger partial charge in [-0.1, -0.05) is 16.8 Å². The molecule has 3 rings (SSSR count). The van der Waals surface area contributed by atoms with Gasteiger partial charge in [0.2, 0.25) is 11.7 Å². The minimum absolute atomic E-state index is 0.0537. The summed E-state index contributed by atoms with van der Waals surface area (Å²) in [7, 11) is 0. The second kappa shape index (κ2) is 9.24. The summed E-state index contributed by atoms with van der Waals surface area (Å²) in [6.07, 6.45) is 0.456. The lowest BCUT2D eigenvalue weighted by Crippen LogP contribution is -2.30. The van der Waals surface area contributed by atoms with Gasteiger partial charge in [0.25, 0.3) is 5.91 Å². The SMILES string of the molecule is CC(OC(=O)CCc1nc(-c2ccc(F)cc2)no1)C(=O)Nc1ccc(Cl)cn1. The molecule has 0 fully saturated rings. The van der Waals surface area contributed by atoms with Crippen LogP contribution in [0.1, 0.15) is 19.2 Å². The largest absolute Gasteiger partial charge is 0.453 e. The maximum Gasteiger partial charge on any atom is 0.307 e. The van der Waals surface area contributed by atoms with Crippen LogP contribution in [0.5, 0.6) is 0 Å². The number of carbonyl (C=O) groups is 2. The van der Waals surface area contributed by atoms with Gasteiger partial charge in [-0.15, -0.1) is 0 Å². The Balaban J connectivity index is 1.47. The maximum atomic E-state index is 13.0. The smallest absolute Gasteiger partial charge is 0.307 e. The maximum absolute atomic E-state index is 13.0. The van der Waals surface area contributed by atoms with E-state index in [2.05, 4.69) is 20.4 Å². The van der Waals surface area contributed by atoms with E-state index in [1.54, 1.807) is 6.07 Å². The minimum atomic E-state index is -1.02. The lowest BCUT2D eigenvalue weighted by Gasteiger charge is -2.12. The molecule has 2 heterocycles. The number of benzene rings is 1. The van der Waals surface area contributed by atoms with E-state index in [9.17, 15) is 14.0 Å². The number of hydrogen-bond donors (Lipinski definition) is 1. The predicted octanol–water partition coefficient (Wildman–Crippen LogP) is 3.43. The first-order valence-corrected chi connectivity index (χ1v) is 8.99. The van der Waals surface area contributed by atoms with Crippen LogP contribution in [0.3, 0.4) is 0 Å². The molecule has 0 bridgehead atoms. The molecule has 0 aliphatic carbocycles. The first-order valence-electron chi connectivity index (χ1n) is 8.61. The van der Waals surface area contributed by atoms with Crippen molar-refractivity contribution in [1.29, 1.82) is 0 Å². The summed E-state index contributed by atoms with van der Waals surface area (Å²) in [5.41, 5.74) is 0.588. The molecule has 1 unspecified atom stereocenters. The van der Waals surface area contributed by atoms with Gasteiger partial charge in [-0.2, -0.15) is 4.98 Å². The monoisotopic (exact) mass is 418 g/mol. The number of aryl methyl sites for hydroxylation is 1. The Morgan fingerprint density at radius 3 is 2.69 bits per heavy atom. The molecule has 2 aromatic heterocycles. The fourth-order valence-corrected chi connectivity index (χ4v) is 2.38. The molecular weight excluding hydrogens is 403 g/mol. The van der Waals surface area contributed by atoms with Crippen molar-refractivity contribution < 1.29 is 23.2 Å². The summed E-state index contributed by atoms with van der Waals surface area (Å²) in [5.74, 6) is -0.685. The molecule has 3 aromatic rings. The van der Waals surface area contributed by atoms with Gasteiger partial charge in [-0.25, -0.2) is 9.37 Å². The zero-order chi connectivity index (χ0) is 20.8. The van der Waals surface area contributed by atoms with E-state index >= 15 is 0 Å². The standard InChI is InChI=1S/C19H16ClFN4O4/c1-11(19(27)23-15-7-4-13(20)10-22-15)28-17(26)9-8-16-24-18(25-29-16)12-2-5-14(21)6-3-12/h2-7,10-11H,8-9H2,1H3,(H,22,23,27). The summed E-state index contributed by atoms with van der Waals surface area (Å²) in [4.78, 5) is 32.1. The van der Waals surface area contributed by atoms with Gasteiger partial charge < -0.3 is 14.6 Å². The van der Waals surface area contributed by atoms with Crippen LogP contribution in [0.4, 0.5) is 10.2 Å². The Morgan fingerprint density at radius 2 is 2.00 bits per heavy atom. The fourth-order valence-electron chi connectivity index (χ4n) is 2.27. The van der Waals surface area contributed by atoms with Crippen LogP contribution < -0.4 is 5.32 Å². The Kier molecular flexibility index (Phi) is 6.50. The van der Waals surface area contributed by atoms with E-state index in [4.69, 9.17) is 20.9 Å². The number of esters is 1. The van der Waals surface area contributed by atoms with E-state index < -0.39 is 18.0 Å². The molecule has 0 saturated heterocycles. The predicted molar refractivity (Wildman–Crippen MR) is 101 cm³/mol. The highest BCUT2D eigenvalue weighted by molar-refractivity contribution is 6.30. The summed E-state index contributed by atoms with van der Waals surface area (Å²) >= 11 is 5.73. The quantitative estimate of drug-likeness (QED) is 0.585. The van der Waals surface area contributed by atoms with Crippen molar-refractivity contribution in [3.8, 4) is 11.4 Å². The number of halogens is 2. The zero-order valence-electron chi connectivity index (χ0n) is 15.3. The second-order valence-corrected chi connectivity index (χ2v) is 6.44. The van der Waals surface area contributed by atoms with Gasteiger partial charge >= 0.3 is 5.97 Å². The van der Waals surface area contributed by atoms with Crippen molar-refractivity contribution in [1.82, 2.24) is 15.1 Å². The number of ether oxygens (including phenoxy) is 1. The van der Waals surface area contributed by atoms with Crippen LogP contribution in [0.2, 0.25) is 5.02 Å². The molecule has 10 heteroatoms. The van der Waals surface area contributed by atoms with Crippen LogP contribution in [0, 0.1) is 5.82 Å². The number of amides is 1. The van der Waals surface area contributed by atoms with Gasteiger partial charge in [-0.3, -0.25) is 9.59 Å². The van der Waals surface area contributed by atoms with E-state index in [1.165, 1.54) is 43.5 Å². The highest BCUT2D eigenvalue weighted by Gasteiger charge is 2.19. The summed E-state index contributed by atoms with van der Waals surface area (Å²) in [5, 5.41) is 6.75. The lowest BCUT2D eigenvalue weighted by atomic mass is 10.2. The Labute approximate surface area is 170 Å². The zero-order valence-corrected chi connectivity index (χ0v) is 16.0. The minimum Gasteiger partial charge on any atom is -0.453 e. The molecule has 0 aliphatic heterocycles. The van der Waals surface area contributed by atoms with Crippen molar-refractivity contribution in [2.45, 2.75) is 25.9 Å². The third-order valence-corrected chi connectivity index (χ3v) is 3.99. The number of anilines is 1. The highest BCUT2D eigenvalue weighted by atomic mass is 35.5. The summed E-state index contributed by atoms with van der Waals surface area (Å²) in [6, 6.07) is 8.72. The normalized spacial score (nSPS) is 11.7. The molecule has 0 saturated carbocycles. The molecule has 150 valence electrons. The lowest BCUT2D eigenvalue weighted by molar-refractivity contribution is -0.153. The fraction of sp³-hybridized carbons (Fsp3) is 0.211. The molecule has 0 aliphatic rings. The average molecular weight is 419 g/mol. The molecule has 0 spiro atoms. The second-order valence-electron chi connectivity index (χ2n) is 6.00.